The van der Waals surface area contributed by atoms with Crippen LogP contribution in [0.4, 0.5) is 0 Å². The second kappa shape index (κ2) is 6.30. The molecule has 2 aromatic rings. The third-order valence-corrected chi connectivity index (χ3v) is 3.79. The highest BCUT2D eigenvalue weighted by Gasteiger charge is 2.20. The lowest BCUT2D eigenvalue weighted by Gasteiger charge is -2.13. The molecular weight excluding hydrogens is 290 g/mol. The van der Waals surface area contributed by atoms with Crippen LogP contribution in [0.5, 0.6) is 0 Å². The zero-order chi connectivity index (χ0) is 15.6. The van der Waals surface area contributed by atoms with E-state index in [2.05, 4.69) is 15.5 Å². The zero-order valence-corrected chi connectivity index (χ0v) is 13.5. The predicted octanol–water partition coefficient (Wildman–Crippen LogP) is 2.57. The van der Waals surface area contributed by atoms with E-state index in [1.54, 1.807) is 17.1 Å². The fraction of sp³-hybridized carbons (Fsp3) is 0.500. The number of carbonyl (C=O) groups excluding carboxylic acids is 1. The van der Waals surface area contributed by atoms with Crippen molar-refractivity contribution in [3.05, 3.63) is 34.4 Å². The van der Waals surface area contributed by atoms with Crippen molar-refractivity contribution < 1.29 is 4.79 Å². The van der Waals surface area contributed by atoms with Crippen LogP contribution in [0.2, 0.25) is 5.02 Å². The first-order valence-corrected chi connectivity index (χ1v) is 7.41. The molecule has 21 heavy (non-hydrogen) atoms. The normalized spacial score (nSPS) is 12.4. The molecule has 1 unspecified atom stereocenters. The first-order valence-electron chi connectivity index (χ1n) is 7.04. The van der Waals surface area contributed by atoms with Crippen LogP contribution in [0, 0.1) is 6.92 Å². The first-order chi connectivity index (χ1) is 9.97. The summed E-state index contributed by atoms with van der Waals surface area (Å²) in [6.07, 6.45) is 3.44. The summed E-state index contributed by atoms with van der Waals surface area (Å²) >= 11 is 6.05. The van der Waals surface area contributed by atoms with E-state index >= 15 is 0 Å². The lowest BCUT2D eigenvalue weighted by Crippen LogP contribution is -2.27. The monoisotopic (exact) mass is 309 g/mol. The van der Waals surface area contributed by atoms with Crippen molar-refractivity contribution in [3.63, 3.8) is 0 Å². The third-order valence-electron chi connectivity index (χ3n) is 3.51. The van der Waals surface area contributed by atoms with E-state index in [0.717, 1.165) is 17.8 Å². The lowest BCUT2D eigenvalue weighted by molar-refractivity contribution is 0.0934. The van der Waals surface area contributed by atoms with Crippen molar-refractivity contribution in [3.8, 4) is 0 Å². The molecule has 0 aliphatic heterocycles. The number of nitrogens with one attached hydrogen (secondary N) is 1. The average molecular weight is 310 g/mol. The van der Waals surface area contributed by atoms with Gasteiger partial charge >= 0.3 is 0 Å². The molecule has 6 nitrogen and oxygen atoms in total. The van der Waals surface area contributed by atoms with Crippen LogP contribution in [-0.4, -0.2) is 25.5 Å². The molecule has 0 aliphatic carbocycles. The molecular formula is C14H20ClN5O. The minimum Gasteiger partial charge on any atom is -0.344 e. The van der Waals surface area contributed by atoms with Gasteiger partial charge in [-0.2, -0.15) is 10.2 Å². The molecule has 0 aliphatic rings. The van der Waals surface area contributed by atoms with Crippen molar-refractivity contribution in [1.29, 1.82) is 0 Å². The van der Waals surface area contributed by atoms with E-state index < -0.39 is 0 Å². The number of amides is 1. The van der Waals surface area contributed by atoms with Crippen molar-refractivity contribution in [2.45, 2.75) is 46.8 Å². The molecule has 2 aromatic heterocycles. The Morgan fingerprint density at radius 3 is 2.67 bits per heavy atom. The summed E-state index contributed by atoms with van der Waals surface area (Å²) in [5.74, 6) is -0.275. The molecule has 1 amide bonds. The van der Waals surface area contributed by atoms with Gasteiger partial charge in [0.25, 0.3) is 5.91 Å². The van der Waals surface area contributed by atoms with Crippen molar-refractivity contribution in [1.82, 2.24) is 24.9 Å². The Hall–Kier alpha value is -1.82. The van der Waals surface area contributed by atoms with Gasteiger partial charge in [0.2, 0.25) is 0 Å². The summed E-state index contributed by atoms with van der Waals surface area (Å²) in [6, 6.07) is -0.152. The highest BCUT2D eigenvalue weighted by Crippen LogP contribution is 2.19. The molecule has 0 saturated carbocycles. The minimum atomic E-state index is -0.275. The summed E-state index contributed by atoms with van der Waals surface area (Å²) in [5.41, 5.74) is 2.30. The van der Waals surface area contributed by atoms with E-state index in [1.807, 2.05) is 32.4 Å². The average Bonchev–Trinajstić information content (AvgIpc) is 3.01. The minimum absolute atomic E-state index is 0.152. The summed E-state index contributed by atoms with van der Waals surface area (Å²) in [6.45, 7) is 9.37. The molecule has 1 atom stereocenters. The summed E-state index contributed by atoms with van der Waals surface area (Å²) in [4.78, 5) is 12.3. The summed E-state index contributed by atoms with van der Waals surface area (Å²) in [5, 5.41) is 11.7. The topological polar surface area (TPSA) is 64.7 Å². The van der Waals surface area contributed by atoms with Crippen molar-refractivity contribution in [2.24, 2.45) is 0 Å². The van der Waals surface area contributed by atoms with E-state index in [9.17, 15) is 4.79 Å². The van der Waals surface area contributed by atoms with E-state index in [4.69, 9.17) is 11.6 Å². The SMILES string of the molecule is CCn1cc(Cl)c(C(=O)NC(C)c2cnn(CC)c2C)n1. The number of halogens is 1. The third kappa shape index (κ3) is 3.10. The number of hydrogen-bond acceptors (Lipinski definition) is 3. The maximum Gasteiger partial charge on any atom is 0.273 e. The van der Waals surface area contributed by atoms with Crippen LogP contribution in [-0.2, 0) is 13.1 Å². The molecule has 0 radical (unpaired) electrons. The molecule has 7 heteroatoms. The second-order valence-electron chi connectivity index (χ2n) is 4.88. The van der Waals surface area contributed by atoms with Crippen LogP contribution in [0.15, 0.2) is 12.4 Å². The number of hydrogen-bond donors (Lipinski definition) is 1. The van der Waals surface area contributed by atoms with Gasteiger partial charge in [0.05, 0.1) is 17.3 Å². The Morgan fingerprint density at radius 2 is 2.14 bits per heavy atom. The van der Waals surface area contributed by atoms with Gasteiger partial charge in [-0.25, -0.2) is 0 Å². The van der Waals surface area contributed by atoms with Gasteiger partial charge in [0.1, 0.15) is 0 Å². The fourth-order valence-electron chi connectivity index (χ4n) is 2.26. The van der Waals surface area contributed by atoms with E-state index in [1.165, 1.54) is 0 Å². The molecule has 1 N–H and O–H groups in total. The van der Waals surface area contributed by atoms with Gasteiger partial charge in [0.15, 0.2) is 5.69 Å². The zero-order valence-electron chi connectivity index (χ0n) is 12.7. The Labute approximate surface area is 129 Å². The number of aromatic nitrogens is 4. The highest BCUT2D eigenvalue weighted by atomic mass is 35.5. The molecule has 0 fully saturated rings. The Kier molecular flexibility index (Phi) is 4.67. The van der Waals surface area contributed by atoms with E-state index in [0.29, 0.717) is 11.6 Å². The number of carbonyl (C=O) groups is 1. The molecule has 0 aromatic carbocycles. The maximum absolute atomic E-state index is 12.3. The van der Waals surface area contributed by atoms with Gasteiger partial charge in [0, 0.05) is 30.5 Å². The van der Waals surface area contributed by atoms with Crippen LogP contribution < -0.4 is 5.32 Å². The largest absolute Gasteiger partial charge is 0.344 e. The fourth-order valence-corrected chi connectivity index (χ4v) is 2.50. The Balaban J connectivity index is 2.14. The second-order valence-corrected chi connectivity index (χ2v) is 5.28. The molecule has 0 spiro atoms. The van der Waals surface area contributed by atoms with Crippen LogP contribution in [0.25, 0.3) is 0 Å². The van der Waals surface area contributed by atoms with E-state index in [-0.39, 0.29) is 17.6 Å². The smallest absolute Gasteiger partial charge is 0.273 e. The van der Waals surface area contributed by atoms with Crippen LogP contribution in [0.1, 0.15) is 48.6 Å². The molecule has 2 rings (SSSR count). The van der Waals surface area contributed by atoms with Gasteiger partial charge in [-0.3, -0.25) is 14.2 Å². The number of rotatable bonds is 5. The molecule has 0 saturated heterocycles. The maximum atomic E-state index is 12.3. The van der Waals surface area contributed by atoms with Gasteiger partial charge in [-0.1, -0.05) is 11.6 Å². The Bertz CT molecular complexity index is 646. The summed E-state index contributed by atoms with van der Waals surface area (Å²) in [7, 11) is 0. The summed E-state index contributed by atoms with van der Waals surface area (Å²) < 4.78 is 3.54. The number of nitrogens with zero attached hydrogens (tertiary/aromatic N) is 4. The van der Waals surface area contributed by atoms with Crippen LogP contribution >= 0.6 is 11.6 Å². The van der Waals surface area contributed by atoms with Crippen molar-refractivity contribution >= 4 is 17.5 Å². The van der Waals surface area contributed by atoms with Crippen LogP contribution in [0.3, 0.4) is 0 Å². The van der Waals surface area contributed by atoms with Crippen molar-refractivity contribution in [2.75, 3.05) is 0 Å². The molecule has 114 valence electrons. The standard InChI is InChI=1S/C14H20ClN5O/c1-5-19-8-12(15)13(18-19)14(21)17-9(3)11-7-16-20(6-2)10(11)4/h7-9H,5-6H2,1-4H3,(H,17,21). The predicted molar refractivity (Wildman–Crippen MR) is 81.4 cm³/mol. The lowest BCUT2D eigenvalue weighted by atomic mass is 10.1. The van der Waals surface area contributed by atoms with Gasteiger partial charge in [-0.15, -0.1) is 0 Å². The number of aryl methyl sites for hydroxylation is 2. The highest BCUT2D eigenvalue weighted by molar-refractivity contribution is 6.33. The first kappa shape index (κ1) is 15.6. The molecule has 2 heterocycles. The van der Waals surface area contributed by atoms with Gasteiger partial charge < -0.3 is 5.32 Å². The quantitative estimate of drug-likeness (QED) is 0.923. The van der Waals surface area contributed by atoms with Gasteiger partial charge in [-0.05, 0) is 27.7 Å². The Morgan fingerprint density at radius 1 is 1.43 bits per heavy atom. The molecule has 0 bridgehead atoms.